The van der Waals surface area contributed by atoms with Crippen LogP contribution in [-0.4, -0.2) is 23.7 Å². The van der Waals surface area contributed by atoms with Gasteiger partial charge in [-0.05, 0) is 24.3 Å². The first-order chi connectivity index (χ1) is 19.3. The van der Waals surface area contributed by atoms with Crippen LogP contribution in [-0.2, 0) is 0 Å². The van der Waals surface area contributed by atoms with Gasteiger partial charge < -0.3 is 0 Å². The number of hydrogen-bond donors (Lipinski definition) is 0. The highest BCUT2D eigenvalue weighted by molar-refractivity contribution is 7.00. The quantitative estimate of drug-likeness (QED) is 0.220. The maximum absolute atomic E-state index is 5.22. The van der Waals surface area contributed by atoms with Gasteiger partial charge in [0.15, 0.2) is 5.82 Å². The number of para-hydroxylation sites is 1. The summed E-state index contributed by atoms with van der Waals surface area (Å²) in [7, 11) is 0. The zero-order valence-electron chi connectivity index (χ0n) is 20.6. The second kappa shape index (κ2) is 8.75. The summed E-state index contributed by atoms with van der Waals surface area (Å²) in [5, 5.41) is 4.20. The van der Waals surface area contributed by atoms with Crippen LogP contribution in [0.4, 0.5) is 0 Å². The monoisotopic (exact) mass is 517 g/mol. The highest BCUT2D eigenvalue weighted by atomic mass is 32.1. The van der Waals surface area contributed by atoms with E-state index in [1.165, 1.54) is 11.7 Å². The third-order valence-corrected chi connectivity index (χ3v) is 7.68. The van der Waals surface area contributed by atoms with Crippen LogP contribution in [0.3, 0.4) is 0 Å². The van der Waals surface area contributed by atoms with Crippen molar-refractivity contribution in [2.24, 2.45) is 0 Å². The molecule has 0 aliphatic heterocycles. The molecule has 5 aromatic carbocycles. The molecule has 0 N–H and O–H groups in total. The van der Waals surface area contributed by atoms with E-state index in [0.717, 1.165) is 71.7 Å². The third kappa shape index (κ3) is 3.57. The van der Waals surface area contributed by atoms with Crippen LogP contribution in [0.5, 0.6) is 0 Å². The molecule has 8 aromatic rings. The molecule has 0 saturated heterocycles. The van der Waals surface area contributed by atoms with Crippen molar-refractivity contribution in [2.75, 3.05) is 0 Å². The first-order valence-electron chi connectivity index (χ1n) is 12.7. The first kappa shape index (κ1) is 22.0. The fourth-order valence-corrected chi connectivity index (χ4v) is 5.86. The number of fused-ring (bicyclic) bond motifs is 6. The summed E-state index contributed by atoms with van der Waals surface area (Å²) in [6, 6.07) is 39.2. The predicted molar refractivity (Wildman–Crippen MR) is 160 cm³/mol. The smallest absolute Gasteiger partial charge is 0.160 e. The lowest BCUT2D eigenvalue weighted by molar-refractivity contribution is 1.23. The molecule has 182 valence electrons. The minimum absolute atomic E-state index is 0.705. The topological polar surface area (TPSA) is 64.5 Å². The lowest BCUT2D eigenvalue weighted by Crippen LogP contribution is -1.96. The Kier molecular flexibility index (Phi) is 4.93. The number of benzene rings is 5. The van der Waals surface area contributed by atoms with Crippen molar-refractivity contribution in [3.8, 4) is 33.9 Å². The zero-order chi connectivity index (χ0) is 25.8. The number of hydrogen-bond acceptors (Lipinski definition) is 6. The molecule has 3 heterocycles. The summed E-state index contributed by atoms with van der Waals surface area (Å²) in [5.41, 5.74) is 8.48. The first-order valence-corrected chi connectivity index (χ1v) is 13.4. The van der Waals surface area contributed by atoms with Gasteiger partial charge in [0, 0.05) is 38.2 Å². The van der Waals surface area contributed by atoms with Gasteiger partial charge in [0.25, 0.3) is 0 Å². The number of pyridine rings is 1. The van der Waals surface area contributed by atoms with Crippen LogP contribution in [0.2, 0.25) is 0 Å². The fraction of sp³-hybridized carbons (Fsp3) is 0. The van der Waals surface area contributed by atoms with Crippen molar-refractivity contribution in [2.45, 2.75) is 0 Å². The average Bonchev–Trinajstić information content (AvgIpc) is 3.50. The van der Waals surface area contributed by atoms with Gasteiger partial charge in [0.2, 0.25) is 0 Å². The second-order valence-corrected chi connectivity index (χ2v) is 9.99. The van der Waals surface area contributed by atoms with Gasteiger partial charge in [-0.3, -0.25) is 0 Å². The molecular formula is C33H19N5S. The van der Waals surface area contributed by atoms with Crippen LogP contribution in [0.1, 0.15) is 0 Å². The van der Waals surface area contributed by atoms with Gasteiger partial charge in [0.05, 0.1) is 34.1 Å². The highest BCUT2D eigenvalue weighted by Crippen LogP contribution is 2.38. The maximum Gasteiger partial charge on any atom is 0.160 e. The lowest BCUT2D eigenvalue weighted by Gasteiger charge is -2.13. The number of aromatic nitrogens is 5. The van der Waals surface area contributed by atoms with E-state index in [9.17, 15) is 0 Å². The molecule has 0 aliphatic carbocycles. The summed E-state index contributed by atoms with van der Waals surface area (Å²) in [6.07, 6.45) is 0. The van der Waals surface area contributed by atoms with Gasteiger partial charge in [-0.2, -0.15) is 8.75 Å². The Balaban J connectivity index is 1.44. The van der Waals surface area contributed by atoms with Gasteiger partial charge in [-0.1, -0.05) is 91.0 Å². The maximum atomic E-state index is 5.22. The van der Waals surface area contributed by atoms with Crippen molar-refractivity contribution in [1.29, 1.82) is 0 Å². The normalized spacial score (nSPS) is 11.6. The Bertz CT molecular complexity index is 2170. The Hall–Kier alpha value is -5.07. The molecule has 0 amide bonds. The molecular weight excluding hydrogens is 498 g/mol. The van der Waals surface area contributed by atoms with E-state index in [4.69, 9.17) is 15.0 Å². The van der Waals surface area contributed by atoms with E-state index < -0.39 is 0 Å². The highest BCUT2D eigenvalue weighted by Gasteiger charge is 2.17. The molecule has 8 rings (SSSR count). The molecule has 6 heteroatoms. The molecule has 0 unspecified atom stereocenters. The summed E-state index contributed by atoms with van der Waals surface area (Å²) in [4.78, 5) is 15.2. The number of rotatable bonds is 3. The van der Waals surface area contributed by atoms with Crippen LogP contribution < -0.4 is 0 Å². The Morgan fingerprint density at radius 1 is 0.436 bits per heavy atom. The molecule has 0 atom stereocenters. The molecule has 0 aliphatic rings. The van der Waals surface area contributed by atoms with Crippen LogP contribution >= 0.6 is 11.7 Å². The molecule has 0 spiro atoms. The molecule has 39 heavy (non-hydrogen) atoms. The Morgan fingerprint density at radius 2 is 1.15 bits per heavy atom. The van der Waals surface area contributed by atoms with E-state index in [1.807, 2.05) is 72.8 Å². The van der Waals surface area contributed by atoms with E-state index in [-0.39, 0.29) is 0 Å². The Morgan fingerprint density at radius 3 is 2.00 bits per heavy atom. The molecule has 0 bridgehead atoms. The van der Waals surface area contributed by atoms with E-state index in [0.29, 0.717) is 5.82 Å². The van der Waals surface area contributed by atoms with Crippen molar-refractivity contribution in [1.82, 2.24) is 23.7 Å². The number of nitrogens with zero attached hydrogens (tertiary/aromatic N) is 5. The third-order valence-electron chi connectivity index (χ3n) is 7.14. The SMILES string of the molecule is c1ccc(-c2nc(-c3ccc4c(c3)nc(-c3ccccc3)c3ccc5nsnc5c34)c3ccccc3n2)cc1. The molecule has 0 fully saturated rings. The molecule has 3 aromatic heterocycles. The van der Waals surface area contributed by atoms with Crippen molar-refractivity contribution in [3.05, 3.63) is 115 Å². The standard InChI is InChI=1S/C33H19N5S/c1-3-9-20(10-4-1)30-25-17-18-27-32(38-39-37-27)29(25)23-16-15-22(19-28(23)34-30)31-24-13-7-8-14-26(24)35-33(36-31)21-11-5-2-6-12-21/h1-19H. The minimum atomic E-state index is 0.705. The summed E-state index contributed by atoms with van der Waals surface area (Å²) >= 11 is 1.24. The van der Waals surface area contributed by atoms with E-state index in [1.54, 1.807) is 0 Å². The predicted octanol–water partition coefficient (Wildman–Crippen LogP) is 8.34. The average molecular weight is 518 g/mol. The van der Waals surface area contributed by atoms with Gasteiger partial charge in [0.1, 0.15) is 11.0 Å². The van der Waals surface area contributed by atoms with Crippen LogP contribution in [0.25, 0.3) is 77.5 Å². The molecule has 5 nitrogen and oxygen atoms in total. The van der Waals surface area contributed by atoms with Crippen LogP contribution in [0.15, 0.2) is 115 Å². The second-order valence-electron chi connectivity index (χ2n) is 9.46. The van der Waals surface area contributed by atoms with Gasteiger partial charge >= 0.3 is 0 Å². The summed E-state index contributed by atoms with van der Waals surface area (Å²) in [5.74, 6) is 0.705. The van der Waals surface area contributed by atoms with E-state index in [2.05, 4.69) is 51.2 Å². The van der Waals surface area contributed by atoms with Crippen LogP contribution in [0, 0.1) is 0 Å². The van der Waals surface area contributed by atoms with E-state index >= 15 is 0 Å². The molecule has 0 saturated carbocycles. The zero-order valence-corrected chi connectivity index (χ0v) is 21.4. The largest absolute Gasteiger partial charge is 0.247 e. The molecule has 0 radical (unpaired) electrons. The van der Waals surface area contributed by atoms with Crippen molar-refractivity contribution >= 4 is 55.3 Å². The lowest BCUT2D eigenvalue weighted by atomic mass is 9.97. The minimum Gasteiger partial charge on any atom is -0.247 e. The van der Waals surface area contributed by atoms with Gasteiger partial charge in [-0.25, -0.2) is 15.0 Å². The Labute approximate surface area is 227 Å². The van der Waals surface area contributed by atoms with Gasteiger partial charge in [-0.15, -0.1) is 0 Å². The van der Waals surface area contributed by atoms with Crippen molar-refractivity contribution in [3.63, 3.8) is 0 Å². The summed E-state index contributed by atoms with van der Waals surface area (Å²) in [6.45, 7) is 0. The summed E-state index contributed by atoms with van der Waals surface area (Å²) < 4.78 is 9.19. The fourth-order valence-electron chi connectivity index (χ4n) is 5.31. The van der Waals surface area contributed by atoms with Crippen molar-refractivity contribution < 1.29 is 0 Å².